The molecule has 114 valence electrons. The topological polar surface area (TPSA) is 51.2 Å². The van der Waals surface area contributed by atoms with Gasteiger partial charge in [0.15, 0.2) is 0 Å². The van der Waals surface area contributed by atoms with Gasteiger partial charge in [-0.3, -0.25) is 4.98 Å². The first-order chi connectivity index (χ1) is 10.5. The van der Waals surface area contributed by atoms with Crippen molar-refractivity contribution in [3.8, 4) is 11.8 Å². The third-order valence-electron chi connectivity index (χ3n) is 2.79. The Morgan fingerprint density at radius 3 is 2.82 bits per heavy atom. The molecule has 4 nitrogen and oxygen atoms in total. The van der Waals surface area contributed by atoms with Gasteiger partial charge in [-0.25, -0.2) is 4.79 Å². The molecule has 0 bridgehead atoms. The number of benzene rings is 1. The number of hydrogen-bond acceptors (Lipinski definition) is 3. The van der Waals surface area contributed by atoms with E-state index < -0.39 is 11.7 Å². The molecule has 0 aliphatic rings. The lowest BCUT2D eigenvalue weighted by Crippen LogP contribution is -2.32. The smallest absolute Gasteiger partial charge is 0.407 e. The minimum absolute atomic E-state index is 0.413. The van der Waals surface area contributed by atoms with E-state index in [9.17, 15) is 4.79 Å². The van der Waals surface area contributed by atoms with Crippen molar-refractivity contribution in [2.45, 2.75) is 32.8 Å². The minimum atomic E-state index is -0.480. The quantitative estimate of drug-likeness (QED) is 0.681. The van der Waals surface area contributed by atoms with Crippen LogP contribution in [0.25, 0.3) is 10.9 Å². The molecular weight excluding hydrogens is 276 g/mol. The maximum absolute atomic E-state index is 11.5. The van der Waals surface area contributed by atoms with Gasteiger partial charge in [0.1, 0.15) is 5.60 Å². The summed E-state index contributed by atoms with van der Waals surface area (Å²) in [6, 6.07) is 9.79. The summed E-state index contributed by atoms with van der Waals surface area (Å²) < 4.78 is 5.15. The van der Waals surface area contributed by atoms with Gasteiger partial charge in [0.25, 0.3) is 0 Å². The molecule has 1 amide bonds. The second kappa shape index (κ2) is 6.95. The lowest BCUT2D eigenvalue weighted by molar-refractivity contribution is 0.0529. The van der Waals surface area contributed by atoms with Crippen molar-refractivity contribution in [3.05, 3.63) is 42.1 Å². The monoisotopic (exact) mass is 296 g/mol. The van der Waals surface area contributed by atoms with Crippen molar-refractivity contribution >= 4 is 17.0 Å². The molecule has 2 aromatic rings. The lowest BCUT2D eigenvalue weighted by atomic mass is 10.1. The molecule has 0 spiro atoms. The second-order valence-corrected chi connectivity index (χ2v) is 5.86. The fourth-order valence-corrected chi connectivity index (χ4v) is 1.90. The molecule has 2 rings (SSSR count). The van der Waals surface area contributed by atoms with E-state index in [1.54, 1.807) is 6.20 Å². The molecule has 0 saturated heterocycles. The van der Waals surface area contributed by atoms with Crippen LogP contribution in [0.15, 0.2) is 36.5 Å². The predicted molar refractivity (Wildman–Crippen MR) is 87.5 cm³/mol. The van der Waals surface area contributed by atoms with E-state index in [2.05, 4.69) is 22.1 Å². The van der Waals surface area contributed by atoms with Gasteiger partial charge in [0.2, 0.25) is 0 Å². The molecule has 1 N–H and O–H groups in total. The Kier molecular flexibility index (Phi) is 5.00. The Morgan fingerprint density at radius 1 is 1.27 bits per heavy atom. The molecule has 1 heterocycles. The zero-order chi connectivity index (χ0) is 16.0. The van der Waals surface area contributed by atoms with Crippen molar-refractivity contribution < 1.29 is 9.53 Å². The molecule has 4 heteroatoms. The number of fused-ring (bicyclic) bond motifs is 1. The van der Waals surface area contributed by atoms with Crippen LogP contribution in [0.2, 0.25) is 0 Å². The Morgan fingerprint density at radius 2 is 2.05 bits per heavy atom. The summed E-state index contributed by atoms with van der Waals surface area (Å²) in [6.07, 6.45) is 1.91. The van der Waals surface area contributed by atoms with Crippen LogP contribution in [0.1, 0.15) is 32.8 Å². The molecular formula is C18H20N2O2. The van der Waals surface area contributed by atoms with Gasteiger partial charge in [-0.15, -0.1) is 0 Å². The first-order valence-electron chi connectivity index (χ1n) is 7.25. The van der Waals surface area contributed by atoms with Gasteiger partial charge in [0.05, 0.1) is 5.52 Å². The molecule has 0 radical (unpaired) electrons. The highest BCUT2D eigenvalue weighted by Crippen LogP contribution is 2.14. The summed E-state index contributed by atoms with van der Waals surface area (Å²) in [5.41, 5.74) is 1.40. The Balaban J connectivity index is 1.90. The highest BCUT2D eigenvalue weighted by Gasteiger charge is 2.15. The number of para-hydroxylation sites is 1. The molecule has 0 unspecified atom stereocenters. The maximum atomic E-state index is 11.5. The molecule has 0 aliphatic heterocycles. The van der Waals surface area contributed by atoms with Gasteiger partial charge in [-0.2, -0.15) is 0 Å². The number of pyridine rings is 1. The van der Waals surface area contributed by atoms with E-state index in [-0.39, 0.29) is 0 Å². The lowest BCUT2D eigenvalue weighted by Gasteiger charge is -2.19. The average molecular weight is 296 g/mol. The number of nitrogens with one attached hydrogen (secondary N) is 1. The predicted octanol–water partition coefficient (Wildman–Crippen LogP) is 3.50. The average Bonchev–Trinajstić information content (AvgIpc) is 2.45. The number of rotatable bonds is 2. The van der Waals surface area contributed by atoms with Crippen LogP contribution in [0.5, 0.6) is 0 Å². The van der Waals surface area contributed by atoms with Crippen molar-refractivity contribution in [2.75, 3.05) is 6.54 Å². The van der Waals surface area contributed by atoms with Crippen molar-refractivity contribution in [1.29, 1.82) is 0 Å². The number of aromatic nitrogens is 1. The highest BCUT2D eigenvalue weighted by molar-refractivity contribution is 5.84. The number of alkyl carbamates (subject to hydrolysis) is 1. The number of carbonyl (C=O) groups is 1. The van der Waals surface area contributed by atoms with Crippen LogP contribution < -0.4 is 5.32 Å². The minimum Gasteiger partial charge on any atom is -0.444 e. The molecule has 0 aliphatic carbocycles. The van der Waals surface area contributed by atoms with E-state index in [1.807, 2.05) is 51.1 Å². The molecule has 1 aromatic carbocycles. The third kappa shape index (κ3) is 4.78. The fourth-order valence-electron chi connectivity index (χ4n) is 1.90. The highest BCUT2D eigenvalue weighted by atomic mass is 16.6. The van der Waals surface area contributed by atoms with E-state index in [0.717, 1.165) is 16.5 Å². The zero-order valence-corrected chi connectivity index (χ0v) is 13.1. The van der Waals surface area contributed by atoms with Crippen LogP contribution in [0.3, 0.4) is 0 Å². The second-order valence-electron chi connectivity index (χ2n) is 5.86. The first-order valence-corrected chi connectivity index (χ1v) is 7.25. The number of amides is 1. The summed E-state index contributed by atoms with van der Waals surface area (Å²) >= 11 is 0. The van der Waals surface area contributed by atoms with Gasteiger partial charge in [-0.1, -0.05) is 30.0 Å². The van der Waals surface area contributed by atoms with E-state index >= 15 is 0 Å². The summed E-state index contributed by atoms with van der Waals surface area (Å²) in [5.74, 6) is 6.19. The largest absolute Gasteiger partial charge is 0.444 e. The summed E-state index contributed by atoms with van der Waals surface area (Å²) in [7, 11) is 0. The molecule has 1 aromatic heterocycles. The Hall–Kier alpha value is -2.54. The Bertz CT molecular complexity index is 716. The Labute approximate surface area is 130 Å². The standard InChI is InChI=1S/C18H20N2O2/c1-18(2,3)22-17(21)20-12-7-6-8-14-11-13-19-16-10-5-4-9-15(14)16/h4-5,9-11,13H,7,12H2,1-3H3,(H,20,21). The molecule has 22 heavy (non-hydrogen) atoms. The van der Waals surface area contributed by atoms with E-state index in [4.69, 9.17) is 4.74 Å². The normalized spacial score (nSPS) is 10.7. The molecule has 0 fully saturated rings. The molecule has 0 saturated carbocycles. The number of hydrogen-bond donors (Lipinski definition) is 1. The fraction of sp³-hybridized carbons (Fsp3) is 0.333. The van der Waals surface area contributed by atoms with E-state index in [1.165, 1.54) is 0 Å². The van der Waals surface area contributed by atoms with E-state index in [0.29, 0.717) is 13.0 Å². The number of ether oxygens (including phenoxy) is 1. The van der Waals surface area contributed by atoms with Crippen molar-refractivity contribution in [3.63, 3.8) is 0 Å². The van der Waals surface area contributed by atoms with Gasteiger partial charge in [-0.05, 0) is 32.9 Å². The number of nitrogens with zero attached hydrogens (tertiary/aromatic N) is 1. The van der Waals surface area contributed by atoms with Crippen LogP contribution in [0.4, 0.5) is 4.79 Å². The zero-order valence-electron chi connectivity index (χ0n) is 13.1. The van der Waals surface area contributed by atoms with Gasteiger partial charge >= 0.3 is 6.09 Å². The van der Waals surface area contributed by atoms with Crippen LogP contribution >= 0.6 is 0 Å². The van der Waals surface area contributed by atoms with Crippen molar-refractivity contribution in [2.24, 2.45) is 0 Å². The van der Waals surface area contributed by atoms with Crippen LogP contribution in [-0.2, 0) is 4.74 Å². The summed E-state index contributed by atoms with van der Waals surface area (Å²) in [5, 5.41) is 3.73. The van der Waals surface area contributed by atoms with Crippen molar-refractivity contribution in [1.82, 2.24) is 10.3 Å². The number of carbonyl (C=O) groups excluding carboxylic acids is 1. The third-order valence-corrected chi connectivity index (χ3v) is 2.79. The molecule has 0 atom stereocenters. The van der Waals surface area contributed by atoms with Gasteiger partial charge < -0.3 is 10.1 Å². The maximum Gasteiger partial charge on any atom is 0.407 e. The summed E-state index contributed by atoms with van der Waals surface area (Å²) in [6.45, 7) is 5.97. The van der Waals surface area contributed by atoms with Crippen LogP contribution in [0, 0.1) is 11.8 Å². The first kappa shape index (κ1) is 15.8. The summed E-state index contributed by atoms with van der Waals surface area (Å²) in [4.78, 5) is 15.8. The van der Waals surface area contributed by atoms with Gasteiger partial charge in [0, 0.05) is 30.1 Å². The van der Waals surface area contributed by atoms with Crippen LogP contribution in [-0.4, -0.2) is 23.2 Å². The SMILES string of the molecule is CC(C)(C)OC(=O)NCCC#Cc1ccnc2ccccc12.